The second kappa shape index (κ2) is 13.3. The highest BCUT2D eigenvalue weighted by atomic mass is 19.2. The molecule has 55 heavy (non-hydrogen) atoms. The van der Waals surface area contributed by atoms with Crippen LogP contribution in [0.4, 0.5) is 79.0 Å². The summed E-state index contributed by atoms with van der Waals surface area (Å²) in [5, 5.41) is -10.9. The summed E-state index contributed by atoms with van der Waals surface area (Å²) in [6.07, 6.45) is 0. The summed E-state index contributed by atoms with van der Waals surface area (Å²) in [6, 6.07) is 0. The van der Waals surface area contributed by atoms with E-state index in [4.69, 9.17) is 14.0 Å². The number of benzene rings is 6. The number of halogens is 18. The summed E-state index contributed by atoms with van der Waals surface area (Å²) in [6.45, 7) is 1.41. The zero-order valence-corrected chi connectivity index (χ0v) is 26.6. The van der Waals surface area contributed by atoms with E-state index in [2.05, 4.69) is 0 Å². The Kier molecular flexibility index (Phi) is 9.40. The number of rotatable bonds is 6. The average Bonchev–Trinajstić information content (AvgIpc) is 3.15. The van der Waals surface area contributed by atoms with Crippen LogP contribution in [0, 0.1) is 125 Å². The fraction of sp³-hybridized carbons (Fsp3) is 0.0909. The number of fused-ring (bicyclic) bond motifs is 3. The highest BCUT2D eigenvalue weighted by Crippen LogP contribution is 2.44. The lowest BCUT2D eigenvalue weighted by Crippen LogP contribution is -2.38. The van der Waals surface area contributed by atoms with Crippen molar-refractivity contribution in [2.75, 3.05) is 0 Å². The largest absolute Gasteiger partial charge is 0.864 e. The molecule has 0 N–H and O–H groups in total. The summed E-state index contributed by atoms with van der Waals surface area (Å²) in [5.74, 6) is -52.9. The highest BCUT2D eigenvalue weighted by Gasteiger charge is 2.42. The van der Waals surface area contributed by atoms with Crippen LogP contribution in [0.1, 0.15) is 16.7 Å². The Labute approximate surface area is 292 Å². The SMILES string of the molecule is Cc1c(F)c(F)c(F)c2c(OB(Oc3c(F)c(F)c(F)c4c(C)c(F)c(F)c(F)c34)Oc3c(F)c(F)c(F)c4c(C)c(F)c(F)c(F)c34)c(F)c(F)c(F)c12. The molecular formula is C33H9BF18O3. The Morgan fingerprint density at radius 1 is 0.236 bits per heavy atom. The molecule has 6 aromatic rings. The maximum Gasteiger partial charge on any atom is 0.864 e. The third-order valence-electron chi connectivity index (χ3n) is 8.41. The predicted molar refractivity (Wildman–Crippen MR) is 153 cm³/mol. The lowest BCUT2D eigenvalue weighted by Gasteiger charge is -2.22. The van der Waals surface area contributed by atoms with Crippen molar-refractivity contribution in [3.05, 3.63) is 121 Å². The molecule has 0 saturated heterocycles. The van der Waals surface area contributed by atoms with Crippen LogP contribution in [0.5, 0.6) is 17.2 Å². The van der Waals surface area contributed by atoms with Gasteiger partial charge in [-0.05, 0) is 37.5 Å². The van der Waals surface area contributed by atoms with Crippen molar-refractivity contribution in [2.45, 2.75) is 20.8 Å². The van der Waals surface area contributed by atoms with Gasteiger partial charge in [0, 0.05) is 16.2 Å². The van der Waals surface area contributed by atoms with E-state index >= 15 is 26.3 Å². The molecule has 3 nitrogen and oxygen atoms in total. The van der Waals surface area contributed by atoms with Gasteiger partial charge in [-0.2, -0.15) is 13.2 Å². The standard InChI is InChI=1S/C33H9BF18O3/c1-4-7-10(19(41)22(44)13(4)35)31(28(50)25(47)16(7)38)53-34(54-32-11-8(17(39)26(48)29(32)51)5(2)14(36)23(45)20(11)42)55-33-12-9(18(40)27(49)30(33)52)6(3)15(37)24(46)21(12)43/h1-3H3. The minimum atomic E-state index is -3.83. The molecule has 288 valence electrons. The van der Waals surface area contributed by atoms with Crippen molar-refractivity contribution < 1.29 is 93.0 Å². The van der Waals surface area contributed by atoms with Gasteiger partial charge in [-0.25, -0.2) is 65.9 Å². The maximum absolute atomic E-state index is 15.4. The molecule has 0 aliphatic heterocycles. The Hall–Kier alpha value is -5.70. The monoisotopic (exact) mass is 806 g/mol. The summed E-state index contributed by atoms with van der Waals surface area (Å²) < 4.78 is 282. The minimum Gasteiger partial charge on any atom is -0.486 e. The molecular weight excluding hydrogens is 797 g/mol. The van der Waals surface area contributed by atoms with Gasteiger partial charge in [0.15, 0.2) is 105 Å². The zero-order valence-electron chi connectivity index (χ0n) is 26.6. The van der Waals surface area contributed by atoms with E-state index in [1.54, 1.807) is 0 Å². The van der Waals surface area contributed by atoms with E-state index in [0.29, 0.717) is 20.8 Å². The van der Waals surface area contributed by atoms with Gasteiger partial charge in [0.2, 0.25) is 17.5 Å². The first-order chi connectivity index (χ1) is 25.6. The molecule has 0 saturated carbocycles. The van der Waals surface area contributed by atoms with Crippen molar-refractivity contribution in [3.8, 4) is 17.2 Å². The lowest BCUT2D eigenvalue weighted by atomic mass is 9.99. The molecule has 0 unspecified atom stereocenters. The number of hydrogen-bond donors (Lipinski definition) is 0. The van der Waals surface area contributed by atoms with Crippen LogP contribution in [0.25, 0.3) is 32.3 Å². The maximum atomic E-state index is 15.4. The van der Waals surface area contributed by atoms with Crippen LogP contribution in [-0.4, -0.2) is 7.32 Å². The van der Waals surface area contributed by atoms with Gasteiger partial charge < -0.3 is 14.0 Å². The van der Waals surface area contributed by atoms with E-state index in [9.17, 15) is 52.7 Å². The molecule has 0 radical (unpaired) electrons. The third-order valence-corrected chi connectivity index (χ3v) is 8.41. The van der Waals surface area contributed by atoms with Crippen LogP contribution in [0.3, 0.4) is 0 Å². The van der Waals surface area contributed by atoms with Crippen LogP contribution in [0.2, 0.25) is 0 Å². The summed E-state index contributed by atoms with van der Waals surface area (Å²) in [7, 11) is -3.83. The summed E-state index contributed by atoms with van der Waals surface area (Å²) in [5.41, 5.74) is -3.98. The first kappa shape index (κ1) is 39.0. The lowest BCUT2D eigenvalue weighted by molar-refractivity contribution is 0.282. The molecule has 0 aliphatic carbocycles. The van der Waals surface area contributed by atoms with Gasteiger partial charge in [0.1, 0.15) is 0 Å². The molecule has 22 heteroatoms. The van der Waals surface area contributed by atoms with Gasteiger partial charge >= 0.3 is 7.32 Å². The van der Waals surface area contributed by atoms with Gasteiger partial charge in [0.25, 0.3) is 0 Å². The van der Waals surface area contributed by atoms with Crippen LogP contribution in [0.15, 0.2) is 0 Å². The Morgan fingerprint density at radius 3 is 0.636 bits per heavy atom. The minimum absolute atomic E-state index is 0.470. The molecule has 6 aromatic carbocycles. The van der Waals surface area contributed by atoms with Gasteiger partial charge in [0.05, 0.1) is 16.2 Å². The first-order valence-corrected chi connectivity index (χ1v) is 14.5. The second-order valence-corrected chi connectivity index (χ2v) is 11.4. The van der Waals surface area contributed by atoms with Crippen molar-refractivity contribution in [1.82, 2.24) is 0 Å². The van der Waals surface area contributed by atoms with E-state index < -0.39 is 178 Å². The second-order valence-electron chi connectivity index (χ2n) is 11.4. The highest BCUT2D eigenvalue weighted by molar-refractivity contribution is 6.40. The van der Waals surface area contributed by atoms with Crippen LogP contribution >= 0.6 is 0 Å². The quantitative estimate of drug-likeness (QED) is 0.0953. The molecule has 0 heterocycles. The van der Waals surface area contributed by atoms with E-state index in [0.717, 1.165) is 0 Å². The fourth-order valence-electron chi connectivity index (χ4n) is 5.74. The molecule has 0 atom stereocenters. The molecule has 0 aliphatic rings. The van der Waals surface area contributed by atoms with Crippen molar-refractivity contribution in [1.29, 1.82) is 0 Å². The summed E-state index contributed by atoms with van der Waals surface area (Å²) >= 11 is 0. The normalized spacial score (nSPS) is 11.7. The smallest absolute Gasteiger partial charge is 0.486 e. The Bertz CT molecular complexity index is 2400. The van der Waals surface area contributed by atoms with Crippen molar-refractivity contribution in [3.63, 3.8) is 0 Å². The first-order valence-electron chi connectivity index (χ1n) is 14.5. The zero-order chi connectivity index (χ0) is 41.0. The predicted octanol–water partition coefficient (Wildman–Crippen LogP) is 11.1. The Morgan fingerprint density at radius 2 is 0.418 bits per heavy atom. The summed E-state index contributed by atoms with van der Waals surface area (Å²) in [4.78, 5) is 0. The molecule has 0 fully saturated rings. The molecule has 0 spiro atoms. The van der Waals surface area contributed by atoms with Crippen molar-refractivity contribution >= 4 is 39.6 Å². The van der Waals surface area contributed by atoms with E-state index in [-0.39, 0.29) is 0 Å². The Balaban J connectivity index is 1.74. The van der Waals surface area contributed by atoms with Crippen LogP contribution in [-0.2, 0) is 0 Å². The van der Waals surface area contributed by atoms with Crippen molar-refractivity contribution in [2.24, 2.45) is 0 Å². The molecule has 0 aromatic heterocycles. The molecule has 0 amide bonds. The molecule has 0 bridgehead atoms. The van der Waals surface area contributed by atoms with E-state index in [1.165, 1.54) is 0 Å². The van der Waals surface area contributed by atoms with E-state index in [1.807, 2.05) is 0 Å². The topological polar surface area (TPSA) is 27.7 Å². The molecule has 6 rings (SSSR count). The van der Waals surface area contributed by atoms with Crippen LogP contribution < -0.4 is 14.0 Å². The van der Waals surface area contributed by atoms with Gasteiger partial charge in [-0.1, -0.05) is 0 Å². The van der Waals surface area contributed by atoms with Gasteiger partial charge in [-0.3, -0.25) is 0 Å². The van der Waals surface area contributed by atoms with Gasteiger partial charge in [-0.15, -0.1) is 0 Å². The average molecular weight is 806 g/mol. The third kappa shape index (κ3) is 5.41. The number of hydrogen-bond acceptors (Lipinski definition) is 3. The number of aryl methyl sites for hydroxylation is 3. The fourth-order valence-corrected chi connectivity index (χ4v) is 5.74.